The first-order valence-electron chi connectivity index (χ1n) is 5.54. The van der Waals surface area contributed by atoms with Crippen LogP contribution in [0, 0.1) is 5.82 Å². The summed E-state index contributed by atoms with van der Waals surface area (Å²) in [6.45, 7) is 3.62. The van der Waals surface area contributed by atoms with Gasteiger partial charge in [0.2, 0.25) is 0 Å². The second kappa shape index (κ2) is 6.58. The Balaban J connectivity index is 2.52. The van der Waals surface area contributed by atoms with Gasteiger partial charge in [0.15, 0.2) is 6.10 Å². The van der Waals surface area contributed by atoms with Gasteiger partial charge in [0.25, 0.3) is 5.91 Å². The van der Waals surface area contributed by atoms with Crippen molar-refractivity contribution in [2.24, 2.45) is 0 Å². The number of imide groups is 1. The van der Waals surface area contributed by atoms with Crippen LogP contribution in [0.25, 0.3) is 0 Å². The monoisotopic (exact) mass is 254 g/mol. The van der Waals surface area contributed by atoms with Crippen molar-refractivity contribution in [2.75, 3.05) is 6.54 Å². The van der Waals surface area contributed by atoms with Crippen LogP contribution in [0.5, 0.6) is 5.75 Å². The van der Waals surface area contributed by atoms with E-state index in [-0.39, 0.29) is 5.75 Å². The molecule has 3 amide bonds. The number of rotatable bonds is 4. The van der Waals surface area contributed by atoms with Gasteiger partial charge in [0.1, 0.15) is 11.6 Å². The summed E-state index contributed by atoms with van der Waals surface area (Å²) in [4.78, 5) is 22.6. The van der Waals surface area contributed by atoms with E-state index in [1.165, 1.54) is 25.1 Å². The van der Waals surface area contributed by atoms with Crippen molar-refractivity contribution in [3.05, 3.63) is 30.1 Å². The van der Waals surface area contributed by atoms with Crippen molar-refractivity contribution in [3.8, 4) is 5.75 Å². The molecule has 0 saturated heterocycles. The van der Waals surface area contributed by atoms with Gasteiger partial charge in [-0.2, -0.15) is 0 Å². The van der Waals surface area contributed by atoms with E-state index in [2.05, 4.69) is 10.6 Å². The van der Waals surface area contributed by atoms with E-state index in [0.29, 0.717) is 6.54 Å². The molecular formula is C12H15FN2O3. The van der Waals surface area contributed by atoms with E-state index < -0.39 is 23.9 Å². The highest BCUT2D eigenvalue weighted by Gasteiger charge is 2.17. The van der Waals surface area contributed by atoms with E-state index in [1.807, 2.05) is 0 Å². The largest absolute Gasteiger partial charge is 0.481 e. The minimum absolute atomic E-state index is 0.230. The first kappa shape index (κ1) is 14.0. The molecule has 1 atom stereocenters. The van der Waals surface area contributed by atoms with Crippen LogP contribution in [-0.2, 0) is 4.79 Å². The number of nitrogens with one attached hydrogen (secondary N) is 2. The Morgan fingerprint density at radius 3 is 2.78 bits per heavy atom. The molecule has 0 aliphatic heterocycles. The summed E-state index contributed by atoms with van der Waals surface area (Å²) in [6.07, 6.45) is -0.894. The van der Waals surface area contributed by atoms with Crippen molar-refractivity contribution in [3.63, 3.8) is 0 Å². The number of urea groups is 1. The zero-order valence-corrected chi connectivity index (χ0v) is 10.2. The third-order valence-electron chi connectivity index (χ3n) is 2.05. The maximum Gasteiger partial charge on any atom is 0.321 e. The summed E-state index contributed by atoms with van der Waals surface area (Å²) >= 11 is 0. The van der Waals surface area contributed by atoms with Crippen molar-refractivity contribution < 1.29 is 18.7 Å². The molecule has 0 saturated carbocycles. The van der Waals surface area contributed by atoms with Crippen molar-refractivity contribution in [2.45, 2.75) is 20.0 Å². The Bertz CT molecular complexity index is 437. The van der Waals surface area contributed by atoms with Gasteiger partial charge in [0.05, 0.1) is 0 Å². The summed E-state index contributed by atoms with van der Waals surface area (Å²) in [7, 11) is 0. The molecule has 98 valence electrons. The van der Waals surface area contributed by atoms with Gasteiger partial charge < -0.3 is 10.1 Å². The Morgan fingerprint density at radius 1 is 1.44 bits per heavy atom. The number of benzene rings is 1. The number of hydrogen-bond donors (Lipinski definition) is 2. The molecule has 5 nitrogen and oxygen atoms in total. The molecule has 0 aliphatic rings. The van der Waals surface area contributed by atoms with Gasteiger partial charge in [-0.1, -0.05) is 6.07 Å². The van der Waals surface area contributed by atoms with Crippen LogP contribution in [0.15, 0.2) is 24.3 Å². The van der Waals surface area contributed by atoms with Crippen LogP contribution in [0.2, 0.25) is 0 Å². The van der Waals surface area contributed by atoms with Gasteiger partial charge in [-0.15, -0.1) is 0 Å². The molecule has 2 N–H and O–H groups in total. The molecule has 18 heavy (non-hydrogen) atoms. The summed E-state index contributed by atoms with van der Waals surface area (Å²) < 4.78 is 18.1. The normalized spacial score (nSPS) is 11.5. The number of ether oxygens (including phenoxy) is 1. The molecule has 0 aliphatic carbocycles. The highest BCUT2D eigenvalue weighted by Crippen LogP contribution is 2.13. The van der Waals surface area contributed by atoms with Crippen LogP contribution in [0.1, 0.15) is 13.8 Å². The molecule has 1 unspecified atom stereocenters. The fourth-order valence-electron chi connectivity index (χ4n) is 1.22. The molecule has 1 aromatic carbocycles. The van der Waals surface area contributed by atoms with E-state index in [9.17, 15) is 14.0 Å². The van der Waals surface area contributed by atoms with Gasteiger partial charge in [0, 0.05) is 12.6 Å². The third-order valence-corrected chi connectivity index (χ3v) is 2.05. The minimum Gasteiger partial charge on any atom is -0.481 e. The summed E-state index contributed by atoms with van der Waals surface area (Å²) in [6, 6.07) is 4.84. The Labute approximate surface area is 104 Å². The quantitative estimate of drug-likeness (QED) is 0.854. The topological polar surface area (TPSA) is 67.4 Å². The summed E-state index contributed by atoms with van der Waals surface area (Å²) in [5, 5.41) is 4.53. The van der Waals surface area contributed by atoms with Crippen LogP contribution in [-0.4, -0.2) is 24.6 Å². The first-order valence-corrected chi connectivity index (χ1v) is 5.54. The van der Waals surface area contributed by atoms with Crippen LogP contribution >= 0.6 is 0 Å². The molecule has 0 spiro atoms. The average Bonchev–Trinajstić information content (AvgIpc) is 2.29. The smallest absolute Gasteiger partial charge is 0.321 e. The van der Waals surface area contributed by atoms with Gasteiger partial charge in [-0.25, -0.2) is 9.18 Å². The Morgan fingerprint density at radius 2 is 2.17 bits per heavy atom. The number of hydrogen-bond acceptors (Lipinski definition) is 3. The van der Waals surface area contributed by atoms with Gasteiger partial charge >= 0.3 is 6.03 Å². The highest BCUT2D eigenvalue weighted by atomic mass is 19.1. The van der Waals surface area contributed by atoms with Crippen molar-refractivity contribution >= 4 is 11.9 Å². The lowest BCUT2D eigenvalue weighted by atomic mass is 10.3. The SMILES string of the molecule is CCNC(=O)NC(=O)C(C)Oc1cccc(F)c1. The first-order chi connectivity index (χ1) is 8.52. The molecule has 1 aromatic rings. The number of carbonyl (C=O) groups is 2. The fourth-order valence-corrected chi connectivity index (χ4v) is 1.22. The lowest BCUT2D eigenvalue weighted by Crippen LogP contribution is -2.45. The lowest BCUT2D eigenvalue weighted by molar-refractivity contribution is -0.126. The average molecular weight is 254 g/mol. The molecule has 0 bridgehead atoms. The van der Waals surface area contributed by atoms with Crippen LogP contribution in [0.3, 0.4) is 0 Å². The minimum atomic E-state index is -0.894. The Hall–Kier alpha value is -2.11. The molecule has 0 aromatic heterocycles. The van der Waals surface area contributed by atoms with E-state index in [0.717, 1.165) is 6.07 Å². The van der Waals surface area contributed by atoms with Crippen molar-refractivity contribution in [1.82, 2.24) is 10.6 Å². The van der Waals surface area contributed by atoms with Crippen LogP contribution in [0.4, 0.5) is 9.18 Å². The fraction of sp³-hybridized carbons (Fsp3) is 0.333. The van der Waals surface area contributed by atoms with Crippen LogP contribution < -0.4 is 15.4 Å². The predicted octanol–water partition coefficient (Wildman–Crippen LogP) is 1.44. The van der Waals surface area contributed by atoms with E-state index in [1.54, 1.807) is 6.92 Å². The van der Waals surface area contributed by atoms with Gasteiger partial charge in [-0.05, 0) is 26.0 Å². The second-order valence-corrected chi connectivity index (χ2v) is 3.57. The Kier molecular flexibility index (Phi) is 5.10. The summed E-state index contributed by atoms with van der Waals surface area (Å²) in [5.74, 6) is -0.817. The second-order valence-electron chi connectivity index (χ2n) is 3.57. The molecule has 0 radical (unpaired) electrons. The number of carbonyl (C=O) groups excluding carboxylic acids is 2. The molecule has 6 heteroatoms. The third kappa shape index (κ3) is 4.40. The molecule has 0 fully saturated rings. The number of halogens is 1. The molecule has 1 rings (SSSR count). The maximum atomic E-state index is 12.9. The number of amides is 3. The maximum absolute atomic E-state index is 12.9. The van der Waals surface area contributed by atoms with E-state index in [4.69, 9.17) is 4.74 Å². The highest BCUT2D eigenvalue weighted by molar-refractivity contribution is 5.96. The lowest BCUT2D eigenvalue weighted by Gasteiger charge is -2.14. The summed E-state index contributed by atoms with van der Waals surface area (Å²) in [5.41, 5.74) is 0. The standard InChI is InChI=1S/C12H15FN2O3/c1-3-14-12(17)15-11(16)8(2)18-10-6-4-5-9(13)7-10/h4-8H,3H2,1-2H3,(H2,14,15,16,17). The molecular weight excluding hydrogens is 239 g/mol. The van der Waals surface area contributed by atoms with Gasteiger partial charge in [-0.3, -0.25) is 10.1 Å². The van der Waals surface area contributed by atoms with Crippen molar-refractivity contribution in [1.29, 1.82) is 0 Å². The molecule has 0 heterocycles. The van der Waals surface area contributed by atoms with E-state index >= 15 is 0 Å². The predicted molar refractivity (Wildman–Crippen MR) is 63.7 cm³/mol. The zero-order chi connectivity index (χ0) is 13.5. The zero-order valence-electron chi connectivity index (χ0n) is 10.2.